The smallest absolute Gasteiger partial charge is 0.141 e. The van der Waals surface area contributed by atoms with Gasteiger partial charge in [-0.15, -0.1) is 0 Å². The van der Waals surface area contributed by atoms with Crippen LogP contribution in [0.3, 0.4) is 0 Å². The van der Waals surface area contributed by atoms with E-state index >= 15 is 0 Å². The topological polar surface area (TPSA) is 12.0 Å². The van der Waals surface area contributed by atoms with Gasteiger partial charge in [0, 0.05) is 12.1 Å². The molecule has 3 unspecified atom stereocenters. The lowest BCUT2D eigenvalue weighted by atomic mass is 9.77. The molecule has 3 heteroatoms. The SMILES string of the molecule is CC(NC1CCCCC1C(C)C)c1ccc(F)c(Cl)c1. The first-order chi connectivity index (χ1) is 9.49. The van der Waals surface area contributed by atoms with E-state index in [0.717, 1.165) is 11.5 Å². The largest absolute Gasteiger partial charge is 0.307 e. The highest BCUT2D eigenvalue weighted by Gasteiger charge is 2.28. The van der Waals surface area contributed by atoms with E-state index in [1.165, 1.54) is 31.7 Å². The van der Waals surface area contributed by atoms with Crippen LogP contribution in [0.1, 0.15) is 58.1 Å². The highest BCUT2D eigenvalue weighted by molar-refractivity contribution is 6.30. The van der Waals surface area contributed by atoms with Gasteiger partial charge in [-0.2, -0.15) is 0 Å². The van der Waals surface area contributed by atoms with Gasteiger partial charge in [0.15, 0.2) is 0 Å². The molecular weight excluding hydrogens is 273 g/mol. The molecule has 1 aliphatic carbocycles. The molecule has 1 fully saturated rings. The summed E-state index contributed by atoms with van der Waals surface area (Å²) in [5, 5.41) is 3.94. The molecule has 1 aromatic carbocycles. The monoisotopic (exact) mass is 297 g/mol. The zero-order valence-corrected chi connectivity index (χ0v) is 13.4. The average molecular weight is 298 g/mol. The van der Waals surface area contributed by atoms with E-state index in [0.29, 0.717) is 12.0 Å². The second-order valence-electron chi connectivity index (χ2n) is 6.36. The summed E-state index contributed by atoms with van der Waals surface area (Å²) in [6, 6.07) is 5.78. The summed E-state index contributed by atoms with van der Waals surface area (Å²) in [4.78, 5) is 0. The Kier molecular flexibility index (Phi) is 5.45. The standard InChI is InChI=1S/C17H25ClFN/c1-11(2)14-6-4-5-7-17(14)20-12(3)13-8-9-16(19)15(18)10-13/h8-12,14,17,20H,4-7H2,1-3H3. The normalized spacial score (nSPS) is 24.9. The predicted octanol–water partition coefficient (Wildman–Crippen LogP) is 5.34. The molecule has 2 rings (SSSR count). The van der Waals surface area contributed by atoms with Crippen LogP contribution in [-0.4, -0.2) is 6.04 Å². The quantitative estimate of drug-likeness (QED) is 0.790. The average Bonchev–Trinajstić information content (AvgIpc) is 2.42. The van der Waals surface area contributed by atoms with Crippen molar-refractivity contribution in [1.29, 1.82) is 0 Å². The minimum atomic E-state index is -0.347. The van der Waals surface area contributed by atoms with Crippen molar-refractivity contribution in [1.82, 2.24) is 5.32 Å². The van der Waals surface area contributed by atoms with Crippen molar-refractivity contribution in [3.05, 3.63) is 34.6 Å². The van der Waals surface area contributed by atoms with Crippen LogP contribution in [0.25, 0.3) is 0 Å². The number of halogens is 2. The molecule has 0 aromatic heterocycles. The Morgan fingerprint density at radius 3 is 2.55 bits per heavy atom. The predicted molar refractivity (Wildman–Crippen MR) is 83.5 cm³/mol. The van der Waals surface area contributed by atoms with Crippen LogP contribution in [-0.2, 0) is 0 Å². The molecule has 1 N–H and O–H groups in total. The molecule has 20 heavy (non-hydrogen) atoms. The van der Waals surface area contributed by atoms with Gasteiger partial charge in [-0.1, -0.05) is 44.4 Å². The van der Waals surface area contributed by atoms with Gasteiger partial charge in [0.2, 0.25) is 0 Å². The molecule has 1 aromatic rings. The number of benzene rings is 1. The van der Waals surface area contributed by atoms with Crippen LogP contribution in [0.5, 0.6) is 0 Å². The Morgan fingerprint density at radius 1 is 1.20 bits per heavy atom. The molecule has 0 heterocycles. The van der Waals surface area contributed by atoms with Crippen molar-refractivity contribution >= 4 is 11.6 Å². The molecular formula is C17H25ClFN. The second kappa shape index (κ2) is 6.91. The molecule has 3 atom stereocenters. The summed E-state index contributed by atoms with van der Waals surface area (Å²) in [7, 11) is 0. The lowest BCUT2D eigenvalue weighted by Gasteiger charge is -2.37. The van der Waals surface area contributed by atoms with Crippen molar-refractivity contribution in [3.63, 3.8) is 0 Å². The molecule has 1 aliphatic rings. The van der Waals surface area contributed by atoms with Gasteiger partial charge in [-0.3, -0.25) is 0 Å². The van der Waals surface area contributed by atoms with E-state index in [9.17, 15) is 4.39 Å². The lowest BCUT2D eigenvalue weighted by Crippen LogP contribution is -2.42. The maximum atomic E-state index is 13.2. The van der Waals surface area contributed by atoms with Gasteiger partial charge in [-0.05, 0) is 49.3 Å². The summed E-state index contributed by atoms with van der Waals surface area (Å²) in [5.41, 5.74) is 1.06. The van der Waals surface area contributed by atoms with Gasteiger partial charge in [0.25, 0.3) is 0 Å². The van der Waals surface area contributed by atoms with E-state index in [2.05, 4.69) is 26.1 Å². The van der Waals surface area contributed by atoms with E-state index in [1.54, 1.807) is 6.07 Å². The van der Waals surface area contributed by atoms with Gasteiger partial charge in [0.05, 0.1) is 5.02 Å². The second-order valence-corrected chi connectivity index (χ2v) is 6.77. The zero-order chi connectivity index (χ0) is 14.7. The molecule has 0 spiro atoms. The van der Waals surface area contributed by atoms with Crippen molar-refractivity contribution < 1.29 is 4.39 Å². The van der Waals surface area contributed by atoms with Crippen molar-refractivity contribution in [2.75, 3.05) is 0 Å². The molecule has 0 radical (unpaired) electrons. The zero-order valence-electron chi connectivity index (χ0n) is 12.6. The van der Waals surface area contributed by atoms with Crippen LogP contribution >= 0.6 is 11.6 Å². The summed E-state index contributed by atoms with van der Waals surface area (Å²) in [6.07, 6.45) is 5.20. The molecule has 0 bridgehead atoms. The number of rotatable bonds is 4. The van der Waals surface area contributed by atoms with Crippen molar-refractivity contribution in [3.8, 4) is 0 Å². The Morgan fingerprint density at radius 2 is 1.90 bits per heavy atom. The third-order valence-corrected chi connectivity index (χ3v) is 4.87. The van der Waals surface area contributed by atoms with E-state index in [4.69, 9.17) is 11.6 Å². The Labute approximate surface area is 126 Å². The van der Waals surface area contributed by atoms with Crippen LogP contribution in [0.2, 0.25) is 5.02 Å². The number of hydrogen-bond acceptors (Lipinski definition) is 1. The van der Waals surface area contributed by atoms with Gasteiger partial charge in [-0.25, -0.2) is 4.39 Å². The first-order valence-corrected chi connectivity index (χ1v) is 8.08. The minimum Gasteiger partial charge on any atom is -0.307 e. The van der Waals surface area contributed by atoms with Crippen LogP contribution in [0.4, 0.5) is 4.39 Å². The highest BCUT2D eigenvalue weighted by Crippen LogP contribution is 2.32. The van der Waals surface area contributed by atoms with Crippen molar-refractivity contribution in [2.45, 2.75) is 58.5 Å². The maximum absolute atomic E-state index is 13.2. The molecule has 112 valence electrons. The summed E-state index contributed by atoms with van der Waals surface area (Å²) >= 11 is 5.88. The number of hydrogen-bond donors (Lipinski definition) is 1. The molecule has 1 nitrogen and oxygen atoms in total. The summed E-state index contributed by atoms with van der Waals surface area (Å²) in [6.45, 7) is 6.75. The Bertz CT molecular complexity index is 447. The third kappa shape index (κ3) is 3.73. The van der Waals surface area contributed by atoms with Crippen molar-refractivity contribution in [2.24, 2.45) is 11.8 Å². The fourth-order valence-corrected chi connectivity index (χ4v) is 3.55. The maximum Gasteiger partial charge on any atom is 0.141 e. The van der Waals surface area contributed by atoms with Crippen LogP contribution < -0.4 is 5.32 Å². The first-order valence-electron chi connectivity index (χ1n) is 7.70. The van der Waals surface area contributed by atoms with E-state index < -0.39 is 0 Å². The van der Waals surface area contributed by atoms with Gasteiger partial charge >= 0.3 is 0 Å². The third-order valence-electron chi connectivity index (χ3n) is 4.58. The lowest BCUT2D eigenvalue weighted by molar-refractivity contribution is 0.195. The fourth-order valence-electron chi connectivity index (χ4n) is 3.36. The summed E-state index contributed by atoms with van der Waals surface area (Å²) < 4.78 is 13.2. The molecule has 0 amide bonds. The van der Waals surface area contributed by atoms with Gasteiger partial charge < -0.3 is 5.32 Å². The van der Waals surface area contributed by atoms with Gasteiger partial charge in [0.1, 0.15) is 5.82 Å². The van der Waals surface area contributed by atoms with E-state index in [-0.39, 0.29) is 16.9 Å². The van der Waals surface area contributed by atoms with Crippen LogP contribution in [0.15, 0.2) is 18.2 Å². The van der Waals surface area contributed by atoms with Crippen LogP contribution in [0, 0.1) is 17.7 Å². The fraction of sp³-hybridized carbons (Fsp3) is 0.647. The Balaban J connectivity index is 2.05. The molecule has 1 saturated carbocycles. The molecule has 0 aliphatic heterocycles. The summed E-state index contributed by atoms with van der Waals surface area (Å²) in [5.74, 6) is 1.10. The first kappa shape index (κ1) is 15.8. The number of nitrogens with one attached hydrogen (secondary N) is 1. The highest BCUT2D eigenvalue weighted by atomic mass is 35.5. The minimum absolute atomic E-state index is 0.206. The Hall–Kier alpha value is -0.600. The molecule has 0 saturated heterocycles. The van der Waals surface area contributed by atoms with E-state index in [1.807, 2.05) is 6.07 Å².